The predicted molar refractivity (Wildman–Crippen MR) is 117 cm³/mol. The number of benzene rings is 2. The Morgan fingerprint density at radius 3 is 2.64 bits per heavy atom. The number of hydrogen-bond donors (Lipinski definition) is 1. The lowest BCUT2D eigenvalue weighted by Crippen LogP contribution is -2.33. The average molecular weight is 433 g/mol. The topological polar surface area (TPSA) is 42.0 Å². The highest BCUT2D eigenvalue weighted by Gasteiger charge is 2.40. The van der Waals surface area contributed by atoms with Gasteiger partial charge in [-0.15, -0.1) is 0 Å². The lowest BCUT2D eigenvalue weighted by Gasteiger charge is -2.40. The smallest absolute Gasteiger partial charge is 0.162 e. The Balaban J connectivity index is 1.79. The van der Waals surface area contributed by atoms with E-state index in [1.807, 2.05) is 24.4 Å². The zero-order chi connectivity index (χ0) is 19.5. The van der Waals surface area contributed by atoms with Crippen molar-refractivity contribution in [3.05, 3.63) is 75.9 Å². The normalized spacial score (nSPS) is 20.5. The van der Waals surface area contributed by atoms with Gasteiger partial charge in [-0.2, -0.15) is 0 Å². The van der Waals surface area contributed by atoms with Crippen molar-refractivity contribution >= 4 is 43.9 Å². The van der Waals surface area contributed by atoms with E-state index in [0.717, 1.165) is 44.2 Å². The molecule has 2 heterocycles. The van der Waals surface area contributed by atoms with Gasteiger partial charge in [0.25, 0.3) is 0 Å². The van der Waals surface area contributed by atoms with Crippen LogP contribution in [-0.4, -0.2) is 10.8 Å². The summed E-state index contributed by atoms with van der Waals surface area (Å²) in [5.41, 5.74) is 6.37. The van der Waals surface area contributed by atoms with Crippen molar-refractivity contribution in [1.29, 1.82) is 0 Å². The first kappa shape index (κ1) is 17.6. The third-order valence-corrected chi connectivity index (χ3v) is 6.33. The Labute approximate surface area is 173 Å². The number of carbonyl (C=O) groups excluding carboxylic acids is 1. The third kappa shape index (κ3) is 2.78. The van der Waals surface area contributed by atoms with Gasteiger partial charge >= 0.3 is 0 Å². The van der Waals surface area contributed by atoms with E-state index in [4.69, 9.17) is 0 Å². The molecule has 3 aromatic rings. The Morgan fingerprint density at radius 2 is 1.86 bits per heavy atom. The van der Waals surface area contributed by atoms with E-state index in [2.05, 4.69) is 70.4 Å². The number of anilines is 1. The first-order chi connectivity index (χ1) is 13.4. The van der Waals surface area contributed by atoms with Crippen LogP contribution in [0.15, 0.2) is 64.8 Å². The van der Waals surface area contributed by atoms with Crippen molar-refractivity contribution in [1.82, 2.24) is 4.98 Å². The van der Waals surface area contributed by atoms with Crippen LogP contribution in [-0.2, 0) is 4.79 Å². The van der Waals surface area contributed by atoms with Crippen LogP contribution in [0.25, 0.3) is 16.5 Å². The highest BCUT2D eigenvalue weighted by Crippen LogP contribution is 2.51. The monoisotopic (exact) mass is 432 g/mol. The van der Waals surface area contributed by atoms with Crippen molar-refractivity contribution in [2.45, 2.75) is 32.7 Å². The van der Waals surface area contributed by atoms with E-state index < -0.39 is 0 Å². The second kappa shape index (κ2) is 6.28. The summed E-state index contributed by atoms with van der Waals surface area (Å²) in [5.74, 6) is 0.248. The maximum Gasteiger partial charge on any atom is 0.162 e. The Bertz CT molecular complexity index is 1140. The zero-order valence-corrected chi connectivity index (χ0v) is 17.5. The number of nitrogens with one attached hydrogen (secondary N) is 1. The third-order valence-electron chi connectivity index (χ3n) is 5.80. The number of ketones is 1. The van der Waals surface area contributed by atoms with Crippen molar-refractivity contribution in [2.24, 2.45) is 5.41 Å². The molecule has 2 aromatic carbocycles. The van der Waals surface area contributed by atoms with E-state index in [1.165, 1.54) is 5.57 Å². The Hall–Kier alpha value is -2.46. The highest BCUT2D eigenvalue weighted by atomic mass is 79.9. The first-order valence-corrected chi connectivity index (χ1v) is 10.4. The summed E-state index contributed by atoms with van der Waals surface area (Å²) in [5, 5.41) is 4.77. The van der Waals surface area contributed by atoms with Gasteiger partial charge in [0.05, 0.1) is 11.6 Å². The van der Waals surface area contributed by atoms with Crippen molar-refractivity contribution in [3.8, 4) is 0 Å². The molecule has 5 rings (SSSR count). The number of hydrogen-bond acceptors (Lipinski definition) is 3. The van der Waals surface area contributed by atoms with E-state index in [0.29, 0.717) is 6.42 Å². The molecule has 140 valence electrons. The van der Waals surface area contributed by atoms with Crippen LogP contribution in [0, 0.1) is 5.41 Å². The van der Waals surface area contributed by atoms with Gasteiger partial charge in [-0.05, 0) is 53.3 Å². The van der Waals surface area contributed by atoms with Gasteiger partial charge < -0.3 is 5.32 Å². The summed E-state index contributed by atoms with van der Waals surface area (Å²) in [6, 6.07) is 16.4. The Morgan fingerprint density at radius 1 is 1.07 bits per heavy atom. The van der Waals surface area contributed by atoms with Gasteiger partial charge in [0, 0.05) is 39.3 Å². The standard InChI is InChI=1S/C24H21BrN2O/c1-24(2)12-17-21-16-4-3-11-26-18(16)9-10-19(21)27-23(22(17)20(28)13-24)14-5-7-15(25)8-6-14/h3-11,23,27H,12-13H2,1-2H3/t23-/m1/s1. The van der Waals surface area contributed by atoms with Crippen LogP contribution < -0.4 is 5.32 Å². The largest absolute Gasteiger partial charge is 0.373 e. The molecule has 0 unspecified atom stereocenters. The molecule has 0 radical (unpaired) electrons. The number of pyridine rings is 1. The van der Waals surface area contributed by atoms with E-state index in [1.54, 1.807) is 0 Å². The lowest BCUT2D eigenvalue weighted by molar-refractivity contribution is -0.118. The molecule has 3 nitrogen and oxygen atoms in total. The second-order valence-electron chi connectivity index (χ2n) is 8.52. The maximum absolute atomic E-state index is 13.3. The number of halogens is 1. The van der Waals surface area contributed by atoms with Gasteiger partial charge in [0.15, 0.2) is 5.78 Å². The number of Topliss-reactive ketones (excluding diaryl/α,β-unsaturated/α-hetero) is 1. The molecule has 0 fully saturated rings. The minimum Gasteiger partial charge on any atom is -0.373 e. The number of carbonyl (C=O) groups is 1. The van der Waals surface area contributed by atoms with Crippen LogP contribution in [0.3, 0.4) is 0 Å². The average Bonchev–Trinajstić information content (AvgIpc) is 2.66. The minimum absolute atomic E-state index is 0.0425. The maximum atomic E-state index is 13.3. The van der Waals surface area contributed by atoms with Crippen LogP contribution in [0.5, 0.6) is 0 Å². The molecule has 2 aliphatic rings. The van der Waals surface area contributed by atoms with Gasteiger partial charge in [0.1, 0.15) is 0 Å². The molecular formula is C24H21BrN2O. The van der Waals surface area contributed by atoms with E-state index in [-0.39, 0.29) is 17.2 Å². The molecule has 4 heteroatoms. The van der Waals surface area contributed by atoms with Gasteiger partial charge in [-0.3, -0.25) is 9.78 Å². The fourth-order valence-electron chi connectivity index (χ4n) is 4.62. The number of nitrogens with zero attached hydrogens (tertiary/aromatic N) is 1. The molecule has 1 aromatic heterocycles. The summed E-state index contributed by atoms with van der Waals surface area (Å²) >= 11 is 3.51. The van der Waals surface area contributed by atoms with Crippen LogP contribution in [0.1, 0.15) is 43.9 Å². The number of fused-ring (bicyclic) bond motifs is 4. The number of aromatic nitrogens is 1. The SMILES string of the molecule is CC1(C)CC(=O)C2=C(C1)c1c(ccc3ncccc13)N[C@@H]2c1ccc(Br)cc1. The highest BCUT2D eigenvalue weighted by molar-refractivity contribution is 9.10. The van der Waals surface area contributed by atoms with Gasteiger partial charge in [-0.1, -0.05) is 48.0 Å². The molecule has 1 aliphatic carbocycles. The first-order valence-electron chi connectivity index (χ1n) is 9.59. The van der Waals surface area contributed by atoms with Crippen LogP contribution in [0.2, 0.25) is 0 Å². The van der Waals surface area contributed by atoms with Crippen LogP contribution >= 0.6 is 15.9 Å². The number of allylic oxidation sites excluding steroid dienone is 1. The molecule has 0 spiro atoms. The zero-order valence-electron chi connectivity index (χ0n) is 15.9. The fraction of sp³-hybridized carbons (Fsp3) is 0.250. The summed E-state index contributed by atoms with van der Waals surface area (Å²) < 4.78 is 1.04. The summed E-state index contributed by atoms with van der Waals surface area (Å²) in [6.45, 7) is 4.38. The molecular weight excluding hydrogens is 412 g/mol. The lowest BCUT2D eigenvalue weighted by atomic mass is 9.68. The predicted octanol–water partition coefficient (Wildman–Crippen LogP) is 6.31. The van der Waals surface area contributed by atoms with Crippen molar-refractivity contribution in [2.75, 3.05) is 5.32 Å². The molecule has 1 N–H and O–H groups in total. The van der Waals surface area contributed by atoms with Gasteiger partial charge in [-0.25, -0.2) is 0 Å². The molecule has 1 atom stereocenters. The van der Waals surface area contributed by atoms with Crippen molar-refractivity contribution < 1.29 is 4.79 Å². The Kier molecular flexibility index (Phi) is 3.95. The molecule has 0 bridgehead atoms. The van der Waals surface area contributed by atoms with E-state index >= 15 is 0 Å². The minimum atomic E-state index is -0.117. The molecule has 0 saturated carbocycles. The van der Waals surface area contributed by atoms with Gasteiger partial charge in [0.2, 0.25) is 0 Å². The molecule has 1 aliphatic heterocycles. The van der Waals surface area contributed by atoms with E-state index in [9.17, 15) is 4.79 Å². The van der Waals surface area contributed by atoms with Crippen molar-refractivity contribution in [3.63, 3.8) is 0 Å². The molecule has 28 heavy (non-hydrogen) atoms. The second-order valence-corrected chi connectivity index (χ2v) is 9.44. The summed E-state index contributed by atoms with van der Waals surface area (Å²) in [4.78, 5) is 17.8. The quantitative estimate of drug-likeness (QED) is 0.489. The summed E-state index contributed by atoms with van der Waals surface area (Å²) in [6.07, 6.45) is 3.30. The fourth-order valence-corrected chi connectivity index (χ4v) is 4.89. The summed E-state index contributed by atoms with van der Waals surface area (Å²) in [7, 11) is 0. The molecule has 0 amide bonds. The van der Waals surface area contributed by atoms with Crippen LogP contribution in [0.4, 0.5) is 5.69 Å². The number of rotatable bonds is 1. The molecule has 0 saturated heterocycles.